The van der Waals surface area contributed by atoms with E-state index >= 15 is 0 Å². The lowest BCUT2D eigenvalue weighted by atomic mass is 10.2. The maximum Gasteiger partial charge on any atom is 0.266 e. The fourth-order valence-electron chi connectivity index (χ4n) is 2.40. The number of para-hydroxylation sites is 2. The van der Waals surface area contributed by atoms with Crippen molar-refractivity contribution in [1.82, 2.24) is 15.0 Å². The van der Waals surface area contributed by atoms with Crippen LogP contribution in [-0.2, 0) is 4.79 Å². The number of carbonyl (C=O) groups is 1. The second-order valence-corrected chi connectivity index (χ2v) is 5.65. The number of hydrogen-bond acceptors (Lipinski definition) is 4. The molecule has 0 saturated carbocycles. The molecule has 1 heterocycles. The minimum Gasteiger partial charge on any atom is -0.480 e. The van der Waals surface area contributed by atoms with E-state index in [0.29, 0.717) is 18.0 Å². The Bertz CT molecular complexity index is 845. The summed E-state index contributed by atoms with van der Waals surface area (Å²) in [6, 6.07) is 17.2. The summed E-state index contributed by atoms with van der Waals surface area (Å²) in [5.74, 6) is 0.851. The van der Waals surface area contributed by atoms with Crippen molar-refractivity contribution in [3.05, 3.63) is 66.4 Å². The van der Waals surface area contributed by atoms with E-state index in [1.165, 1.54) is 0 Å². The largest absolute Gasteiger partial charge is 0.480 e. The van der Waals surface area contributed by atoms with Gasteiger partial charge in [0, 0.05) is 0 Å². The van der Waals surface area contributed by atoms with Crippen molar-refractivity contribution in [3.8, 4) is 11.4 Å². The van der Waals surface area contributed by atoms with Gasteiger partial charge in [-0.1, -0.05) is 48.5 Å². The molecule has 0 aliphatic rings. The maximum absolute atomic E-state index is 12.5. The van der Waals surface area contributed by atoms with E-state index in [0.717, 1.165) is 11.3 Å². The number of nitrogens with zero attached hydrogens (tertiary/aromatic N) is 3. The third-order valence-corrected chi connectivity index (χ3v) is 3.79. The molecule has 1 amide bonds. The molecule has 3 aromatic rings. The summed E-state index contributed by atoms with van der Waals surface area (Å²) in [5.41, 5.74) is 1.86. The predicted octanol–water partition coefficient (Wildman–Crippen LogP) is 3.37. The minimum absolute atomic E-state index is 0.245. The zero-order valence-electron chi connectivity index (χ0n) is 14.2. The van der Waals surface area contributed by atoms with Gasteiger partial charge in [-0.2, -0.15) is 0 Å². The van der Waals surface area contributed by atoms with Gasteiger partial charge in [0.1, 0.15) is 5.75 Å². The Balaban J connectivity index is 1.68. The number of benzene rings is 2. The van der Waals surface area contributed by atoms with Crippen LogP contribution in [0.5, 0.6) is 5.75 Å². The summed E-state index contributed by atoms with van der Waals surface area (Å²) in [7, 11) is 0. The van der Waals surface area contributed by atoms with Crippen molar-refractivity contribution >= 4 is 11.7 Å². The fourth-order valence-corrected chi connectivity index (χ4v) is 2.40. The highest BCUT2D eigenvalue weighted by Crippen LogP contribution is 2.19. The smallest absolute Gasteiger partial charge is 0.266 e. The number of anilines is 1. The van der Waals surface area contributed by atoms with Crippen LogP contribution in [0, 0.1) is 6.92 Å². The lowest BCUT2D eigenvalue weighted by Crippen LogP contribution is -2.32. The van der Waals surface area contributed by atoms with Gasteiger partial charge in [-0.3, -0.25) is 4.79 Å². The lowest BCUT2D eigenvalue weighted by molar-refractivity contribution is -0.122. The molecule has 0 bridgehead atoms. The van der Waals surface area contributed by atoms with Gasteiger partial charge in [0.2, 0.25) is 0 Å². The van der Waals surface area contributed by atoms with Crippen LogP contribution in [0.4, 0.5) is 5.82 Å². The molecule has 0 aliphatic carbocycles. The summed E-state index contributed by atoms with van der Waals surface area (Å²) < 4.78 is 7.46. The number of aryl methyl sites for hydroxylation is 1. The average molecular weight is 336 g/mol. The SMILES string of the molecule is CCC(Oc1ccccc1C)C(=O)Nc1cn(-c2ccccc2)nn1. The zero-order valence-corrected chi connectivity index (χ0v) is 14.2. The van der Waals surface area contributed by atoms with Crippen molar-refractivity contribution < 1.29 is 9.53 Å². The van der Waals surface area contributed by atoms with Crippen molar-refractivity contribution in [1.29, 1.82) is 0 Å². The van der Waals surface area contributed by atoms with E-state index < -0.39 is 6.10 Å². The van der Waals surface area contributed by atoms with Crippen LogP contribution < -0.4 is 10.1 Å². The number of ether oxygens (including phenoxy) is 1. The normalized spacial score (nSPS) is 11.8. The number of aromatic nitrogens is 3. The molecule has 1 N–H and O–H groups in total. The average Bonchev–Trinajstić information content (AvgIpc) is 3.10. The van der Waals surface area contributed by atoms with Gasteiger partial charge in [0.15, 0.2) is 11.9 Å². The van der Waals surface area contributed by atoms with Gasteiger partial charge in [-0.05, 0) is 37.1 Å². The topological polar surface area (TPSA) is 69.0 Å². The first-order valence-corrected chi connectivity index (χ1v) is 8.18. The number of carbonyl (C=O) groups excluding carboxylic acids is 1. The third-order valence-electron chi connectivity index (χ3n) is 3.79. The van der Waals surface area contributed by atoms with Crippen LogP contribution in [0.3, 0.4) is 0 Å². The highest BCUT2D eigenvalue weighted by Gasteiger charge is 2.20. The molecule has 2 aromatic carbocycles. The number of hydrogen-bond donors (Lipinski definition) is 1. The van der Waals surface area contributed by atoms with Gasteiger partial charge in [-0.15, -0.1) is 5.10 Å². The summed E-state index contributed by atoms with van der Waals surface area (Å²) in [4.78, 5) is 12.5. The summed E-state index contributed by atoms with van der Waals surface area (Å²) in [6.45, 7) is 3.86. The highest BCUT2D eigenvalue weighted by molar-refractivity contribution is 5.93. The van der Waals surface area contributed by atoms with Crippen LogP contribution in [0.15, 0.2) is 60.8 Å². The minimum atomic E-state index is -0.594. The molecule has 1 aromatic heterocycles. The van der Waals surface area contributed by atoms with Crippen LogP contribution in [-0.4, -0.2) is 27.0 Å². The van der Waals surface area contributed by atoms with Crippen molar-refractivity contribution in [3.63, 3.8) is 0 Å². The lowest BCUT2D eigenvalue weighted by Gasteiger charge is -2.17. The van der Waals surface area contributed by atoms with Gasteiger partial charge in [0.25, 0.3) is 5.91 Å². The van der Waals surface area contributed by atoms with Gasteiger partial charge >= 0.3 is 0 Å². The molecule has 0 radical (unpaired) electrons. The Morgan fingerprint density at radius 2 is 1.88 bits per heavy atom. The molecule has 0 saturated heterocycles. The quantitative estimate of drug-likeness (QED) is 0.749. The highest BCUT2D eigenvalue weighted by atomic mass is 16.5. The standard InChI is InChI=1S/C19H20N4O2/c1-3-16(25-17-12-8-7-9-14(17)2)19(24)20-18-13-23(22-21-18)15-10-5-4-6-11-15/h4-13,16H,3H2,1-2H3,(H,20,24). The second-order valence-electron chi connectivity index (χ2n) is 5.65. The second kappa shape index (κ2) is 7.61. The first-order valence-electron chi connectivity index (χ1n) is 8.18. The zero-order chi connectivity index (χ0) is 17.6. The molecule has 0 spiro atoms. The first kappa shape index (κ1) is 16.7. The molecule has 6 nitrogen and oxygen atoms in total. The van der Waals surface area contributed by atoms with E-state index in [1.54, 1.807) is 10.9 Å². The fraction of sp³-hybridized carbons (Fsp3) is 0.211. The molecule has 25 heavy (non-hydrogen) atoms. The first-order chi connectivity index (χ1) is 12.2. The molecular formula is C19H20N4O2. The Labute approximate surface area is 146 Å². The Morgan fingerprint density at radius 3 is 2.60 bits per heavy atom. The molecule has 3 rings (SSSR count). The van der Waals surface area contributed by atoms with Crippen LogP contribution in [0.25, 0.3) is 5.69 Å². The van der Waals surface area contributed by atoms with Crippen LogP contribution in [0.1, 0.15) is 18.9 Å². The van der Waals surface area contributed by atoms with E-state index in [2.05, 4.69) is 15.6 Å². The van der Waals surface area contributed by atoms with E-state index in [9.17, 15) is 4.79 Å². The predicted molar refractivity (Wildman–Crippen MR) is 95.9 cm³/mol. The number of nitrogens with one attached hydrogen (secondary N) is 1. The maximum atomic E-state index is 12.5. The van der Waals surface area contributed by atoms with Crippen molar-refractivity contribution in [2.24, 2.45) is 0 Å². The molecule has 128 valence electrons. The monoisotopic (exact) mass is 336 g/mol. The molecule has 1 atom stereocenters. The van der Waals surface area contributed by atoms with Crippen molar-refractivity contribution in [2.45, 2.75) is 26.4 Å². The van der Waals surface area contributed by atoms with E-state index in [-0.39, 0.29) is 5.91 Å². The Hall–Kier alpha value is -3.15. The summed E-state index contributed by atoms with van der Waals surface area (Å²) in [6.07, 6.45) is 1.63. The van der Waals surface area contributed by atoms with Crippen LogP contribution >= 0.6 is 0 Å². The summed E-state index contributed by atoms with van der Waals surface area (Å²) >= 11 is 0. The third kappa shape index (κ3) is 4.03. The van der Waals surface area contributed by atoms with E-state index in [1.807, 2.05) is 68.4 Å². The van der Waals surface area contributed by atoms with Gasteiger partial charge in [0.05, 0.1) is 11.9 Å². The Kier molecular flexibility index (Phi) is 5.09. The molecule has 1 unspecified atom stereocenters. The van der Waals surface area contributed by atoms with E-state index in [4.69, 9.17) is 4.74 Å². The van der Waals surface area contributed by atoms with Crippen LogP contribution in [0.2, 0.25) is 0 Å². The number of rotatable bonds is 6. The summed E-state index contributed by atoms with van der Waals surface area (Å²) in [5, 5.41) is 10.8. The molecule has 0 fully saturated rings. The van der Waals surface area contributed by atoms with Gasteiger partial charge < -0.3 is 10.1 Å². The van der Waals surface area contributed by atoms with Gasteiger partial charge in [-0.25, -0.2) is 4.68 Å². The van der Waals surface area contributed by atoms with Crippen molar-refractivity contribution in [2.75, 3.05) is 5.32 Å². The molecular weight excluding hydrogens is 316 g/mol. The Morgan fingerprint density at radius 1 is 1.16 bits per heavy atom. The molecule has 6 heteroatoms. The number of amides is 1. The molecule has 0 aliphatic heterocycles.